The maximum absolute atomic E-state index is 13.2. The summed E-state index contributed by atoms with van der Waals surface area (Å²) in [5.41, 5.74) is 5.04. The van der Waals surface area contributed by atoms with Crippen LogP contribution in [0, 0.1) is 5.92 Å². The summed E-state index contributed by atoms with van der Waals surface area (Å²) in [4.78, 5) is 15.6. The predicted molar refractivity (Wildman–Crippen MR) is 162 cm³/mol. The first-order valence-corrected chi connectivity index (χ1v) is 14.6. The first kappa shape index (κ1) is 30.6. The molecule has 0 saturated carbocycles. The highest BCUT2D eigenvalue weighted by atomic mass is 16.5. The number of rotatable bonds is 10. The third kappa shape index (κ3) is 10.2. The smallest absolute Gasteiger partial charge is 0.251 e. The Morgan fingerprint density at radius 1 is 0.976 bits per heavy atom. The minimum absolute atomic E-state index is 0.129. The zero-order valence-corrected chi connectivity index (χ0v) is 24.7. The molecular weight excluding hydrogens is 516 g/mol. The van der Waals surface area contributed by atoms with Crippen LogP contribution in [0.15, 0.2) is 66.7 Å². The maximum Gasteiger partial charge on any atom is 0.251 e. The lowest BCUT2D eigenvalue weighted by Crippen LogP contribution is -2.29. The van der Waals surface area contributed by atoms with Crippen molar-refractivity contribution < 1.29 is 23.7 Å². The third-order valence-electron chi connectivity index (χ3n) is 7.08. The second kappa shape index (κ2) is 16.2. The topological polar surface area (TPSA) is 69.3 Å². The van der Waals surface area contributed by atoms with Gasteiger partial charge in [0.15, 0.2) is 0 Å². The Morgan fingerprint density at radius 2 is 1.83 bits per heavy atom. The fourth-order valence-corrected chi connectivity index (χ4v) is 4.81. The van der Waals surface area contributed by atoms with Gasteiger partial charge < -0.3 is 24.3 Å². The lowest BCUT2D eigenvalue weighted by molar-refractivity contribution is 0.0764. The maximum atomic E-state index is 13.2. The highest BCUT2D eigenvalue weighted by Crippen LogP contribution is 2.25. The molecule has 0 fully saturated rings. The van der Waals surface area contributed by atoms with Crippen molar-refractivity contribution in [3.63, 3.8) is 0 Å². The van der Waals surface area contributed by atoms with Crippen molar-refractivity contribution in [3.05, 3.63) is 94.5 Å². The summed E-state index contributed by atoms with van der Waals surface area (Å²) in [5, 5.41) is 3.05. The predicted octanol–water partition coefficient (Wildman–Crippen LogP) is 5.49. The van der Waals surface area contributed by atoms with E-state index in [1.807, 2.05) is 42.5 Å². The molecule has 3 aromatic carbocycles. The number of hydrogen-bond donors (Lipinski definition) is 1. The second-order valence-corrected chi connectivity index (χ2v) is 10.9. The van der Waals surface area contributed by atoms with Crippen LogP contribution >= 0.6 is 0 Å². The average Bonchev–Trinajstić information content (AvgIpc) is 2.97. The van der Waals surface area contributed by atoms with Crippen molar-refractivity contribution in [2.75, 3.05) is 53.2 Å². The lowest BCUT2D eigenvalue weighted by Gasteiger charge is -2.24. The Morgan fingerprint density at radius 3 is 2.68 bits per heavy atom. The van der Waals surface area contributed by atoms with Crippen LogP contribution in [0.1, 0.15) is 52.9 Å². The molecule has 0 radical (unpaired) electrons. The lowest BCUT2D eigenvalue weighted by atomic mass is 9.99. The van der Waals surface area contributed by atoms with Gasteiger partial charge in [-0.15, -0.1) is 0 Å². The summed E-state index contributed by atoms with van der Waals surface area (Å²) in [6, 6.07) is 22.1. The minimum Gasteiger partial charge on any atom is -0.491 e. The zero-order valence-electron chi connectivity index (χ0n) is 24.7. The fourth-order valence-electron chi connectivity index (χ4n) is 4.81. The number of hydrogen-bond acceptors (Lipinski definition) is 6. The third-order valence-corrected chi connectivity index (χ3v) is 7.08. The van der Waals surface area contributed by atoms with E-state index in [9.17, 15) is 4.79 Å². The first-order chi connectivity index (χ1) is 20.0. The van der Waals surface area contributed by atoms with Crippen molar-refractivity contribution in [3.8, 4) is 11.5 Å². The number of nitrogens with one attached hydrogen (secondary N) is 1. The Labute approximate surface area is 244 Å². The molecule has 4 rings (SSSR count). The summed E-state index contributed by atoms with van der Waals surface area (Å²) < 4.78 is 22.8. The van der Waals surface area contributed by atoms with Crippen LogP contribution in [0.4, 0.5) is 0 Å². The van der Waals surface area contributed by atoms with Crippen LogP contribution in [0.5, 0.6) is 11.5 Å². The van der Waals surface area contributed by atoms with E-state index in [-0.39, 0.29) is 5.91 Å². The van der Waals surface area contributed by atoms with E-state index in [0.29, 0.717) is 57.5 Å². The summed E-state index contributed by atoms with van der Waals surface area (Å²) >= 11 is 0. The van der Waals surface area contributed by atoms with Gasteiger partial charge in [0, 0.05) is 38.7 Å². The fraction of sp³-hybridized carbons (Fsp3) is 0.441. The minimum atomic E-state index is -0.129. The van der Waals surface area contributed by atoms with E-state index in [4.69, 9.17) is 18.9 Å². The molecule has 1 amide bonds. The van der Waals surface area contributed by atoms with Crippen molar-refractivity contribution in [1.29, 1.82) is 0 Å². The van der Waals surface area contributed by atoms with Crippen LogP contribution in [-0.4, -0.2) is 64.0 Å². The molecular formula is C34H44N2O5. The van der Waals surface area contributed by atoms with Crippen LogP contribution in [0.2, 0.25) is 0 Å². The Hall–Kier alpha value is -3.39. The number of carbonyl (C=O) groups is 1. The molecule has 1 N–H and O–H groups in total. The van der Waals surface area contributed by atoms with E-state index in [0.717, 1.165) is 48.7 Å². The van der Waals surface area contributed by atoms with Crippen LogP contribution in [0.3, 0.4) is 0 Å². The normalized spacial score (nSPS) is 14.5. The van der Waals surface area contributed by atoms with E-state index in [1.165, 1.54) is 11.1 Å². The van der Waals surface area contributed by atoms with Crippen molar-refractivity contribution >= 4 is 5.91 Å². The van der Waals surface area contributed by atoms with E-state index >= 15 is 0 Å². The SMILES string of the molecule is COCCOc1cccc(CNC(=O)c2ccc3c(c2)Cc2cccc(c2)CN(CCC(C)C)CCOCCO3)c1. The van der Waals surface area contributed by atoms with Gasteiger partial charge in [-0.1, -0.05) is 50.2 Å². The number of carbonyl (C=O) groups excluding carboxylic acids is 1. The molecule has 1 heterocycles. The average molecular weight is 561 g/mol. The standard InChI is InChI=1S/C34H44N2O5/c1-26(2)12-13-36-14-15-39-17-19-41-33-11-10-30(23-31(33)21-27-6-4-8-29(20-27)25-36)34(37)35-24-28-7-5-9-32(22-28)40-18-16-38-3/h4-11,20,22-23,26H,12-19,21,24-25H2,1-3H3,(H,35,37). The summed E-state index contributed by atoms with van der Waals surface area (Å²) in [6.45, 7) is 10.5. The van der Waals surface area contributed by atoms with Gasteiger partial charge in [-0.05, 0) is 71.5 Å². The molecule has 7 heteroatoms. The van der Waals surface area contributed by atoms with Gasteiger partial charge in [0.05, 0.1) is 19.8 Å². The molecule has 220 valence electrons. The molecule has 0 spiro atoms. The van der Waals surface area contributed by atoms with Gasteiger partial charge in [-0.3, -0.25) is 9.69 Å². The molecule has 2 bridgehead atoms. The molecule has 7 nitrogen and oxygen atoms in total. The van der Waals surface area contributed by atoms with Gasteiger partial charge >= 0.3 is 0 Å². The summed E-state index contributed by atoms with van der Waals surface area (Å²) in [7, 11) is 1.65. The molecule has 1 aliphatic heterocycles. The first-order valence-electron chi connectivity index (χ1n) is 14.6. The Balaban J connectivity index is 1.47. The van der Waals surface area contributed by atoms with Gasteiger partial charge in [0.1, 0.15) is 24.7 Å². The number of methoxy groups -OCH3 is 1. The van der Waals surface area contributed by atoms with Gasteiger partial charge in [-0.2, -0.15) is 0 Å². The number of ether oxygens (including phenoxy) is 4. The summed E-state index contributed by atoms with van der Waals surface area (Å²) in [5.74, 6) is 2.08. The highest BCUT2D eigenvalue weighted by Gasteiger charge is 2.14. The monoisotopic (exact) mass is 560 g/mol. The molecule has 0 unspecified atom stereocenters. The number of amides is 1. The van der Waals surface area contributed by atoms with Crippen LogP contribution < -0.4 is 14.8 Å². The quantitative estimate of drug-likeness (QED) is 0.331. The largest absolute Gasteiger partial charge is 0.491 e. The van der Waals surface area contributed by atoms with Crippen molar-refractivity contribution in [2.45, 2.75) is 39.8 Å². The Kier molecular flexibility index (Phi) is 12.0. The van der Waals surface area contributed by atoms with Gasteiger partial charge in [0.25, 0.3) is 5.91 Å². The summed E-state index contributed by atoms with van der Waals surface area (Å²) in [6.07, 6.45) is 1.84. The molecule has 41 heavy (non-hydrogen) atoms. The van der Waals surface area contributed by atoms with Crippen molar-refractivity contribution in [1.82, 2.24) is 10.2 Å². The van der Waals surface area contributed by atoms with Crippen LogP contribution in [-0.2, 0) is 29.0 Å². The number of benzene rings is 3. The molecule has 0 atom stereocenters. The van der Waals surface area contributed by atoms with Crippen molar-refractivity contribution in [2.24, 2.45) is 5.92 Å². The van der Waals surface area contributed by atoms with E-state index in [1.54, 1.807) is 7.11 Å². The highest BCUT2D eigenvalue weighted by molar-refractivity contribution is 5.94. The molecule has 1 aliphatic rings. The molecule has 0 aromatic heterocycles. The van der Waals surface area contributed by atoms with E-state index in [2.05, 4.69) is 48.3 Å². The molecule has 0 aliphatic carbocycles. The zero-order chi connectivity index (χ0) is 28.9. The second-order valence-electron chi connectivity index (χ2n) is 10.9. The molecule has 3 aromatic rings. The number of fused-ring (bicyclic) bond motifs is 3. The van der Waals surface area contributed by atoms with Gasteiger partial charge in [-0.25, -0.2) is 0 Å². The molecule has 0 saturated heterocycles. The van der Waals surface area contributed by atoms with Crippen LogP contribution in [0.25, 0.3) is 0 Å². The Bertz CT molecular complexity index is 1250. The van der Waals surface area contributed by atoms with E-state index < -0.39 is 0 Å². The van der Waals surface area contributed by atoms with Gasteiger partial charge in [0.2, 0.25) is 0 Å². The number of nitrogens with zero attached hydrogens (tertiary/aromatic N) is 1.